The van der Waals surface area contributed by atoms with Crippen molar-refractivity contribution in [3.05, 3.63) is 33.9 Å². The fraction of sp³-hybridized carbons (Fsp3) is 0.500. The fourth-order valence-electron chi connectivity index (χ4n) is 3.02. The third kappa shape index (κ3) is 3.13. The summed E-state index contributed by atoms with van der Waals surface area (Å²) < 4.78 is 0. The predicted octanol–water partition coefficient (Wildman–Crippen LogP) is 2.00. The van der Waals surface area contributed by atoms with Crippen LogP contribution in [0.5, 0.6) is 0 Å². The SMILES string of the molecule is CC1CC(C)CN(C(=O)c2cccc([N+](=O)[O-])c2NN)C1. The second-order valence-electron chi connectivity index (χ2n) is 5.76. The molecule has 0 saturated carbocycles. The van der Waals surface area contributed by atoms with E-state index in [4.69, 9.17) is 5.84 Å². The number of anilines is 1. The van der Waals surface area contributed by atoms with Gasteiger partial charge >= 0.3 is 0 Å². The molecular formula is C14H20N4O3. The van der Waals surface area contributed by atoms with Crippen molar-refractivity contribution in [1.29, 1.82) is 0 Å². The van der Waals surface area contributed by atoms with E-state index in [1.165, 1.54) is 12.1 Å². The Labute approximate surface area is 123 Å². The summed E-state index contributed by atoms with van der Waals surface area (Å²) in [7, 11) is 0. The van der Waals surface area contributed by atoms with Crippen molar-refractivity contribution < 1.29 is 9.72 Å². The molecule has 0 aromatic heterocycles. The maximum atomic E-state index is 12.7. The highest BCUT2D eigenvalue weighted by molar-refractivity contribution is 6.01. The molecule has 7 nitrogen and oxygen atoms in total. The monoisotopic (exact) mass is 292 g/mol. The molecule has 0 radical (unpaired) electrons. The Hall–Kier alpha value is -2.15. The highest BCUT2D eigenvalue weighted by Crippen LogP contribution is 2.30. The smallest absolute Gasteiger partial charge is 0.294 e. The lowest BCUT2D eigenvalue weighted by atomic mass is 9.91. The van der Waals surface area contributed by atoms with Gasteiger partial charge in [-0.25, -0.2) is 0 Å². The van der Waals surface area contributed by atoms with E-state index in [0.717, 1.165) is 6.42 Å². The molecule has 7 heteroatoms. The fourth-order valence-corrected chi connectivity index (χ4v) is 3.02. The lowest BCUT2D eigenvalue weighted by Crippen LogP contribution is -2.42. The zero-order valence-corrected chi connectivity index (χ0v) is 12.2. The van der Waals surface area contributed by atoms with Crippen molar-refractivity contribution in [1.82, 2.24) is 4.90 Å². The van der Waals surface area contributed by atoms with Crippen LogP contribution in [0.15, 0.2) is 18.2 Å². The molecule has 1 saturated heterocycles. The van der Waals surface area contributed by atoms with Gasteiger partial charge in [0, 0.05) is 19.2 Å². The van der Waals surface area contributed by atoms with Gasteiger partial charge in [-0.3, -0.25) is 20.8 Å². The number of rotatable bonds is 3. The first-order valence-corrected chi connectivity index (χ1v) is 6.97. The van der Waals surface area contributed by atoms with E-state index in [1.807, 2.05) is 0 Å². The van der Waals surface area contributed by atoms with E-state index in [1.54, 1.807) is 11.0 Å². The van der Waals surface area contributed by atoms with E-state index in [9.17, 15) is 14.9 Å². The van der Waals surface area contributed by atoms with Crippen LogP contribution >= 0.6 is 0 Å². The number of hydrazine groups is 1. The van der Waals surface area contributed by atoms with Gasteiger partial charge in [0.15, 0.2) is 0 Å². The van der Waals surface area contributed by atoms with E-state index in [-0.39, 0.29) is 22.8 Å². The molecule has 0 aliphatic carbocycles. The average molecular weight is 292 g/mol. The van der Waals surface area contributed by atoms with Crippen molar-refractivity contribution in [3.63, 3.8) is 0 Å². The number of hydrogen-bond acceptors (Lipinski definition) is 5. The van der Waals surface area contributed by atoms with E-state index in [0.29, 0.717) is 24.9 Å². The first-order chi connectivity index (χ1) is 9.93. The molecule has 21 heavy (non-hydrogen) atoms. The Balaban J connectivity index is 2.35. The predicted molar refractivity (Wildman–Crippen MR) is 79.8 cm³/mol. The molecule has 2 atom stereocenters. The van der Waals surface area contributed by atoms with Gasteiger partial charge in [-0.1, -0.05) is 19.9 Å². The molecule has 1 aliphatic rings. The first kappa shape index (κ1) is 15.2. The number of amides is 1. The number of nitrogens with one attached hydrogen (secondary N) is 1. The first-order valence-electron chi connectivity index (χ1n) is 6.97. The molecule has 2 unspecified atom stereocenters. The Morgan fingerprint density at radius 3 is 2.52 bits per heavy atom. The van der Waals surface area contributed by atoms with Crippen LogP contribution in [0.1, 0.15) is 30.6 Å². The molecule has 1 aliphatic heterocycles. The number of nitrogens with two attached hydrogens (primary N) is 1. The van der Waals surface area contributed by atoms with Crippen LogP contribution < -0.4 is 11.3 Å². The number of nitrogens with zero attached hydrogens (tertiary/aromatic N) is 2. The highest BCUT2D eigenvalue weighted by atomic mass is 16.6. The van der Waals surface area contributed by atoms with Crippen molar-refractivity contribution in [2.24, 2.45) is 17.7 Å². The van der Waals surface area contributed by atoms with Gasteiger partial charge in [0.05, 0.1) is 10.5 Å². The number of para-hydroxylation sites is 1. The van der Waals surface area contributed by atoms with Crippen LogP contribution in [0.3, 0.4) is 0 Å². The molecule has 0 bridgehead atoms. The molecule has 1 aromatic carbocycles. The molecule has 1 heterocycles. The summed E-state index contributed by atoms with van der Waals surface area (Å²) in [5.41, 5.74) is 2.42. The van der Waals surface area contributed by atoms with E-state index in [2.05, 4.69) is 19.3 Å². The number of carbonyl (C=O) groups excluding carboxylic acids is 1. The zero-order chi connectivity index (χ0) is 15.6. The number of nitrogen functional groups attached to an aromatic ring is 1. The Bertz CT molecular complexity index is 551. The molecule has 2 rings (SSSR count). The van der Waals surface area contributed by atoms with Gasteiger partial charge in [0.1, 0.15) is 5.69 Å². The number of benzene rings is 1. The van der Waals surface area contributed by atoms with Crippen molar-refractivity contribution in [2.45, 2.75) is 20.3 Å². The number of hydrogen-bond donors (Lipinski definition) is 2. The lowest BCUT2D eigenvalue weighted by Gasteiger charge is -2.35. The molecule has 3 N–H and O–H groups in total. The maximum absolute atomic E-state index is 12.7. The number of likely N-dealkylation sites (tertiary alicyclic amines) is 1. The van der Waals surface area contributed by atoms with Gasteiger partial charge < -0.3 is 10.3 Å². The third-order valence-corrected chi connectivity index (χ3v) is 3.77. The second-order valence-corrected chi connectivity index (χ2v) is 5.76. The van der Waals surface area contributed by atoms with Gasteiger partial charge in [-0.15, -0.1) is 0 Å². The molecule has 1 aromatic rings. The maximum Gasteiger partial charge on any atom is 0.294 e. The van der Waals surface area contributed by atoms with Crippen LogP contribution in [0.25, 0.3) is 0 Å². The number of nitro groups is 1. The second kappa shape index (κ2) is 6.09. The van der Waals surface area contributed by atoms with Crippen molar-refractivity contribution >= 4 is 17.3 Å². The minimum absolute atomic E-state index is 0.0679. The summed E-state index contributed by atoms with van der Waals surface area (Å²) in [5, 5.41) is 11.0. The summed E-state index contributed by atoms with van der Waals surface area (Å²) in [6.45, 7) is 5.53. The van der Waals surface area contributed by atoms with Crippen LogP contribution in [0.4, 0.5) is 11.4 Å². The minimum atomic E-state index is -0.548. The Kier molecular flexibility index (Phi) is 4.42. The summed E-state index contributed by atoms with van der Waals surface area (Å²) in [4.78, 5) is 24.9. The summed E-state index contributed by atoms with van der Waals surface area (Å²) in [6.07, 6.45) is 1.08. The summed E-state index contributed by atoms with van der Waals surface area (Å²) >= 11 is 0. The summed E-state index contributed by atoms with van der Waals surface area (Å²) in [5.74, 6) is 6.01. The van der Waals surface area contributed by atoms with Gasteiger partial charge in [-0.05, 0) is 24.3 Å². The van der Waals surface area contributed by atoms with Gasteiger partial charge in [-0.2, -0.15) is 0 Å². The van der Waals surface area contributed by atoms with Crippen molar-refractivity contribution in [2.75, 3.05) is 18.5 Å². The van der Waals surface area contributed by atoms with Crippen molar-refractivity contribution in [3.8, 4) is 0 Å². The zero-order valence-electron chi connectivity index (χ0n) is 12.2. The Morgan fingerprint density at radius 1 is 1.38 bits per heavy atom. The average Bonchev–Trinajstić information content (AvgIpc) is 2.44. The third-order valence-electron chi connectivity index (χ3n) is 3.77. The van der Waals surface area contributed by atoms with E-state index < -0.39 is 4.92 Å². The van der Waals surface area contributed by atoms with Gasteiger partial charge in [0.25, 0.3) is 11.6 Å². The molecule has 1 fully saturated rings. The van der Waals surface area contributed by atoms with Crippen LogP contribution in [-0.2, 0) is 0 Å². The van der Waals surface area contributed by atoms with Crippen LogP contribution in [0.2, 0.25) is 0 Å². The minimum Gasteiger partial charge on any atom is -0.338 e. The normalized spacial score (nSPS) is 22.0. The highest BCUT2D eigenvalue weighted by Gasteiger charge is 2.29. The number of carbonyl (C=O) groups is 1. The molecule has 1 amide bonds. The summed E-state index contributed by atoms with van der Waals surface area (Å²) in [6, 6.07) is 4.39. The van der Waals surface area contributed by atoms with Crippen LogP contribution in [0, 0.1) is 22.0 Å². The number of nitro benzene ring substituents is 1. The molecular weight excluding hydrogens is 272 g/mol. The molecule has 0 spiro atoms. The lowest BCUT2D eigenvalue weighted by molar-refractivity contribution is -0.384. The number of piperidine rings is 1. The standard InChI is InChI=1S/C14H20N4O3/c1-9-6-10(2)8-17(7-9)14(19)11-4-3-5-12(18(20)21)13(11)16-15/h3-5,9-10,16H,6-8,15H2,1-2H3. The van der Waals surface area contributed by atoms with Crippen LogP contribution in [-0.4, -0.2) is 28.8 Å². The topological polar surface area (TPSA) is 102 Å². The Morgan fingerprint density at radius 2 is 2.00 bits per heavy atom. The largest absolute Gasteiger partial charge is 0.338 e. The van der Waals surface area contributed by atoms with E-state index >= 15 is 0 Å². The quantitative estimate of drug-likeness (QED) is 0.504. The van der Waals surface area contributed by atoms with Gasteiger partial charge in [0.2, 0.25) is 0 Å². The molecule has 114 valence electrons.